The van der Waals surface area contributed by atoms with Crippen LogP contribution in [0.15, 0.2) is 0 Å². The minimum Gasteiger partial charge on any atom is -0.444 e. The standard InChI is InChI=1S/C16H30N2O4/c1-16(2,3)22-15(20)18-13-5-6-14(18)8-11(7-13)17-12(9-19)10-21-4/h11-14,17,19H,5-10H2,1-4H3. The third kappa shape index (κ3) is 4.33. The Kier molecular flexibility index (Phi) is 5.69. The van der Waals surface area contributed by atoms with E-state index < -0.39 is 5.60 Å². The first kappa shape index (κ1) is 17.5. The van der Waals surface area contributed by atoms with E-state index in [1.807, 2.05) is 25.7 Å². The molecule has 22 heavy (non-hydrogen) atoms. The number of hydrogen-bond acceptors (Lipinski definition) is 5. The van der Waals surface area contributed by atoms with Crippen molar-refractivity contribution in [1.82, 2.24) is 10.2 Å². The van der Waals surface area contributed by atoms with Crippen LogP contribution in [0.4, 0.5) is 4.79 Å². The predicted octanol–water partition coefficient (Wildman–Crippen LogP) is 1.51. The molecule has 0 saturated carbocycles. The van der Waals surface area contributed by atoms with Gasteiger partial charge < -0.3 is 24.8 Å². The first-order valence-electron chi connectivity index (χ1n) is 8.21. The monoisotopic (exact) mass is 314 g/mol. The lowest BCUT2D eigenvalue weighted by molar-refractivity contribution is 0.00305. The Bertz CT molecular complexity index is 369. The minimum absolute atomic E-state index is 0.0394. The maximum atomic E-state index is 12.4. The molecule has 0 aromatic carbocycles. The van der Waals surface area contributed by atoms with Crippen molar-refractivity contribution in [1.29, 1.82) is 0 Å². The fourth-order valence-corrected chi connectivity index (χ4v) is 3.61. The van der Waals surface area contributed by atoms with Crippen LogP contribution in [0.3, 0.4) is 0 Å². The molecule has 6 nitrogen and oxygen atoms in total. The number of piperidine rings is 1. The van der Waals surface area contributed by atoms with Gasteiger partial charge in [-0.3, -0.25) is 0 Å². The number of carbonyl (C=O) groups excluding carboxylic acids is 1. The van der Waals surface area contributed by atoms with Crippen molar-refractivity contribution in [3.05, 3.63) is 0 Å². The summed E-state index contributed by atoms with van der Waals surface area (Å²) in [6, 6.07) is 0.770. The number of rotatable bonds is 5. The first-order chi connectivity index (χ1) is 10.3. The third-order valence-corrected chi connectivity index (χ3v) is 4.40. The van der Waals surface area contributed by atoms with Crippen molar-refractivity contribution < 1.29 is 19.4 Å². The predicted molar refractivity (Wildman–Crippen MR) is 83.8 cm³/mol. The molecule has 2 aliphatic heterocycles. The summed E-state index contributed by atoms with van der Waals surface area (Å²) in [6.45, 7) is 6.26. The summed E-state index contributed by atoms with van der Waals surface area (Å²) in [6.07, 6.45) is 3.71. The van der Waals surface area contributed by atoms with Gasteiger partial charge in [0, 0.05) is 25.2 Å². The normalized spacial score (nSPS) is 29.5. The van der Waals surface area contributed by atoms with E-state index in [9.17, 15) is 9.90 Å². The smallest absolute Gasteiger partial charge is 0.410 e. The Morgan fingerprint density at radius 2 is 1.91 bits per heavy atom. The molecule has 3 unspecified atom stereocenters. The van der Waals surface area contributed by atoms with Gasteiger partial charge in [0.25, 0.3) is 0 Å². The molecular formula is C16H30N2O4. The molecule has 2 bridgehead atoms. The Morgan fingerprint density at radius 1 is 1.32 bits per heavy atom. The molecule has 2 heterocycles. The van der Waals surface area contributed by atoms with Crippen LogP contribution in [-0.2, 0) is 9.47 Å². The number of nitrogens with one attached hydrogen (secondary N) is 1. The van der Waals surface area contributed by atoms with Gasteiger partial charge in [0.05, 0.1) is 19.3 Å². The van der Waals surface area contributed by atoms with Crippen LogP contribution in [-0.4, -0.2) is 66.2 Å². The molecule has 0 aromatic rings. The number of fused-ring (bicyclic) bond motifs is 2. The molecule has 2 rings (SSSR count). The highest BCUT2D eigenvalue weighted by molar-refractivity contribution is 5.69. The number of methoxy groups -OCH3 is 1. The quantitative estimate of drug-likeness (QED) is 0.805. The number of nitrogens with zero attached hydrogens (tertiary/aromatic N) is 1. The second-order valence-electron chi connectivity index (χ2n) is 7.44. The molecule has 2 saturated heterocycles. The minimum atomic E-state index is -0.452. The summed E-state index contributed by atoms with van der Waals surface area (Å²) in [5.41, 5.74) is -0.452. The van der Waals surface area contributed by atoms with Crippen molar-refractivity contribution in [3.8, 4) is 0 Å². The lowest BCUT2D eigenvalue weighted by Gasteiger charge is -2.40. The largest absolute Gasteiger partial charge is 0.444 e. The SMILES string of the molecule is COCC(CO)NC1CC2CCC(C1)N2C(=O)OC(C)(C)C. The van der Waals surface area contributed by atoms with E-state index in [1.165, 1.54) is 0 Å². The molecule has 0 radical (unpaired) electrons. The Morgan fingerprint density at radius 3 is 2.36 bits per heavy atom. The zero-order valence-electron chi connectivity index (χ0n) is 14.2. The molecule has 3 atom stereocenters. The van der Waals surface area contributed by atoms with Gasteiger partial charge in [0.2, 0.25) is 0 Å². The number of aliphatic hydroxyl groups excluding tert-OH is 1. The van der Waals surface area contributed by atoms with Crippen molar-refractivity contribution in [2.75, 3.05) is 20.3 Å². The average Bonchev–Trinajstić information content (AvgIpc) is 2.68. The number of ether oxygens (including phenoxy) is 2. The van der Waals surface area contributed by atoms with Crippen LogP contribution in [0.2, 0.25) is 0 Å². The first-order valence-corrected chi connectivity index (χ1v) is 8.21. The Balaban J connectivity index is 1.92. The molecule has 6 heteroatoms. The van der Waals surface area contributed by atoms with Crippen LogP contribution in [0, 0.1) is 0 Å². The van der Waals surface area contributed by atoms with E-state index in [4.69, 9.17) is 9.47 Å². The van der Waals surface area contributed by atoms with E-state index in [2.05, 4.69) is 5.32 Å². The summed E-state index contributed by atoms with van der Waals surface area (Å²) in [5.74, 6) is 0. The summed E-state index contributed by atoms with van der Waals surface area (Å²) >= 11 is 0. The van der Waals surface area contributed by atoms with Gasteiger partial charge in [0.1, 0.15) is 5.60 Å². The number of amides is 1. The van der Waals surface area contributed by atoms with E-state index in [0.717, 1.165) is 25.7 Å². The highest BCUT2D eigenvalue weighted by Crippen LogP contribution is 2.36. The average molecular weight is 314 g/mol. The molecule has 128 valence electrons. The highest BCUT2D eigenvalue weighted by atomic mass is 16.6. The summed E-state index contributed by atoms with van der Waals surface area (Å²) < 4.78 is 10.7. The lowest BCUT2D eigenvalue weighted by atomic mass is 9.97. The van der Waals surface area contributed by atoms with Crippen LogP contribution < -0.4 is 5.32 Å². The molecule has 2 N–H and O–H groups in total. The number of hydrogen-bond donors (Lipinski definition) is 2. The van der Waals surface area contributed by atoms with Gasteiger partial charge in [-0.1, -0.05) is 0 Å². The summed E-state index contributed by atoms with van der Waals surface area (Å²) in [4.78, 5) is 14.3. The van der Waals surface area contributed by atoms with Crippen LogP contribution >= 0.6 is 0 Å². The maximum absolute atomic E-state index is 12.4. The summed E-state index contributed by atoms with van der Waals surface area (Å²) in [7, 11) is 1.64. The van der Waals surface area contributed by atoms with Gasteiger partial charge in [0.15, 0.2) is 0 Å². The van der Waals surface area contributed by atoms with Gasteiger partial charge >= 0.3 is 6.09 Å². The third-order valence-electron chi connectivity index (χ3n) is 4.40. The Hall–Kier alpha value is -0.850. The highest BCUT2D eigenvalue weighted by Gasteiger charge is 2.45. The van der Waals surface area contributed by atoms with Crippen molar-refractivity contribution in [2.45, 2.75) is 76.2 Å². The fourth-order valence-electron chi connectivity index (χ4n) is 3.61. The van der Waals surface area contributed by atoms with E-state index >= 15 is 0 Å². The van der Waals surface area contributed by atoms with Gasteiger partial charge in [-0.05, 0) is 46.5 Å². The van der Waals surface area contributed by atoms with Gasteiger partial charge in [-0.2, -0.15) is 0 Å². The molecule has 2 fully saturated rings. The maximum Gasteiger partial charge on any atom is 0.410 e. The molecule has 0 aliphatic carbocycles. The van der Waals surface area contributed by atoms with Crippen molar-refractivity contribution >= 4 is 6.09 Å². The molecule has 0 spiro atoms. The fraction of sp³-hybridized carbons (Fsp3) is 0.938. The molecule has 2 aliphatic rings. The second kappa shape index (κ2) is 7.15. The van der Waals surface area contributed by atoms with Crippen LogP contribution in [0.5, 0.6) is 0 Å². The zero-order valence-corrected chi connectivity index (χ0v) is 14.2. The molecule has 1 amide bonds. The molecular weight excluding hydrogens is 284 g/mol. The molecule has 0 aromatic heterocycles. The van der Waals surface area contributed by atoms with Crippen molar-refractivity contribution in [3.63, 3.8) is 0 Å². The van der Waals surface area contributed by atoms with Gasteiger partial charge in [-0.25, -0.2) is 4.79 Å². The Labute approximate surface area is 133 Å². The van der Waals surface area contributed by atoms with Crippen LogP contribution in [0.1, 0.15) is 46.5 Å². The summed E-state index contributed by atoms with van der Waals surface area (Å²) in [5, 5.41) is 12.8. The number of carbonyl (C=O) groups is 1. The van der Waals surface area contributed by atoms with Crippen molar-refractivity contribution in [2.24, 2.45) is 0 Å². The van der Waals surface area contributed by atoms with E-state index in [0.29, 0.717) is 12.6 Å². The van der Waals surface area contributed by atoms with E-state index in [1.54, 1.807) is 7.11 Å². The zero-order chi connectivity index (χ0) is 16.3. The van der Waals surface area contributed by atoms with Gasteiger partial charge in [-0.15, -0.1) is 0 Å². The van der Waals surface area contributed by atoms with E-state index in [-0.39, 0.29) is 30.8 Å². The topological polar surface area (TPSA) is 71.0 Å². The second-order valence-corrected chi connectivity index (χ2v) is 7.44. The lowest BCUT2D eigenvalue weighted by Crippen LogP contribution is -2.55. The number of aliphatic hydroxyl groups is 1. The van der Waals surface area contributed by atoms with Crippen LogP contribution in [0.25, 0.3) is 0 Å².